The molecule has 0 amide bonds. The maximum Gasteiger partial charge on any atom is 0.268 e. The molecule has 190 valence electrons. The van der Waals surface area contributed by atoms with Gasteiger partial charge in [0.25, 0.3) is 21.1 Å². The van der Waals surface area contributed by atoms with Crippen molar-refractivity contribution in [3.63, 3.8) is 0 Å². The lowest BCUT2D eigenvalue weighted by atomic mass is 10.0. The number of rotatable bonds is 8. The minimum Gasteiger partial charge on any atom is -0.289 e. The summed E-state index contributed by atoms with van der Waals surface area (Å²) in [5.74, 6) is -1.21. The summed E-state index contributed by atoms with van der Waals surface area (Å²) < 4.78 is 104. The Hall–Kier alpha value is -3.07. The molecule has 2 aromatic heterocycles. The highest BCUT2D eigenvalue weighted by atomic mass is 32.2. The van der Waals surface area contributed by atoms with Crippen molar-refractivity contribution in [2.75, 3.05) is 17.7 Å². The van der Waals surface area contributed by atoms with Crippen molar-refractivity contribution in [3.8, 4) is 11.1 Å². The number of sulfone groups is 1. The van der Waals surface area contributed by atoms with E-state index < -0.39 is 66.5 Å². The van der Waals surface area contributed by atoms with Crippen molar-refractivity contribution in [2.24, 2.45) is 0 Å². The number of hydrogen-bond acceptors (Lipinski definition) is 7. The molecule has 1 aromatic carbocycles. The van der Waals surface area contributed by atoms with Crippen LogP contribution >= 0.6 is 0 Å². The van der Waals surface area contributed by atoms with Crippen LogP contribution in [-0.4, -0.2) is 56.0 Å². The van der Waals surface area contributed by atoms with E-state index in [1.807, 2.05) is 0 Å². The van der Waals surface area contributed by atoms with E-state index in [4.69, 9.17) is 0 Å². The number of hydrogen-bond donors (Lipinski definition) is 1. The Morgan fingerprint density at radius 2 is 1.77 bits per heavy atom. The summed E-state index contributed by atoms with van der Waals surface area (Å²) in [5.41, 5.74) is -4.65. The number of sulfonamides is 1. The molecule has 1 N–H and O–H groups in total. The van der Waals surface area contributed by atoms with Crippen LogP contribution in [0.5, 0.6) is 0 Å². The Labute approximate surface area is 197 Å². The Morgan fingerprint density at radius 1 is 1.11 bits per heavy atom. The Morgan fingerprint density at radius 3 is 2.31 bits per heavy atom. The van der Waals surface area contributed by atoms with Gasteiger partial charge in [0.05, 0.1) is 5.69 Å². The third-order valence-corrected chi connectivity index (χ3v) is 7.11. The van der Waals surface area contributed by atoms with Crippen molar-refractivity contribution in [1.82, 2.24) is 14.5 Å². The zero-order chi connectivity index (χ0) is 26.3. The molecule has 0 radical (unpaired) electrons. The third-order valence-electron chi connectivity index (χ3n) is 4.86. The average molecular weight is 537 g/mol. The predicted molar refractivity (Wildman–Crippen MR) is 121 cm³/mol. The van der Waals surface area contributed by atoms with Gasteiger partial charge in [-0.25, -0.2) is 39.4 Å². The topological polar surface area (TPSA) is 128 Å². The minimum atomic E-state index is -5.10. The molecule has 0 aliphatic carbocycles. The second-order valence-electron chi connectivity index (χ2n) is 7.89. The number of aromatic nitrogens is 3. The molecule has 2 heterocycles. The Bertz CT molecular complexity index is 1560. The van der Waals surface area contributed by atoms with Gasteiger partial charge in [-0.2, -0.15) is 4.98 Å². The molecule has 15 heteroatoms. The van der Waals surface area contributed by atoms with Crippen molar-refractivity contribution in [1.29, 1.82) is 0 Å². The molecule has 0 saturated carbocycles. The first-order valence-electron chi connectivity index (χ1n) is 9.95. The zero-order valence-electron chi connectivity index (χ0n) is 18.5. The lowest BCUT2D eigenvalue weighted by Crippen LogP contribution is -2.33. The van der Waals surface area contributed by atoms with Gasteiger partial charge in [-0.15, -0.1) is 0 Å². The predicted octanol–water partition coefficient (Wildman–Crippen LogP) is 2.93. The third kappa shape index (κ3) is 5.29. The van der Waals surface area contributed by atoms with Gasteiger partial charge in [0, 0.05) is 29.4 Å². The molecule has 3 rings (SSSR count). The molecule has 0 spiro atoms. The van der Waals surface area contributed by atoms with Crippen LogP contribution in [0.2, 0.25) is 0 Å². The number of benzene rings is 1. The van der Waals surface area contributed by atoms with E-state index in [0.717, 1.165) is 24.5 Å². The minimum absolute atomic E-state index is 0.00265. The van der Waals surface area contributed by atoms with Crippen LogP contribution < -0.4 is 10.3 Å². The fourth-order valence-corrected chi connectivity index (χ4v) is 4.75. The normalized spacial score (nSPS) is 14.3. The first kappa shape index (κ1) is 26.5. The van der Waals surface area contributed by atoms with Crippen LogP contribution in [0.25, 0.3) is 22.2 Å². The molecule has 0 bridgehead atoms. The van der Waals surface area contributed by atoms with Crippen LogP contribution in [0.3, 0.4) is 0 Å². The molecule has 3 aromatic rings. The molecular weight excluding hydrogens is 516 g/mol. The maximum atomic E-state index is 14.7. The molecule has 2 unspecified atom stereocenters. The van der Waals surface area contributed by atoms with Gasteiger partial charge in [0.1, 0.15) is 18.1 Å². The van der Waals surface area contributed by atoms with Gasteiger partial charge in [-0.3, -0.25) is 14.1 Å². The first-order chi connectivity index (χ1) is 16.2. The van der Waals surface area contributed by atoms with E-state index in [9.17, 15) is 39.2 Å². The highest BCUT2D eigenvalue weighted by Crippen LogP contribution is 2.27. The van der Waals surface area contributed by atoms with Crippen molar-refractivity contribution in [3.05, 3.63) is 46.6 Å². The lowest BCUT2D eigenvalue weighted by Gasteiger charge is -2.17. The van der Waals surface area contributed by atoms with Crippen molar-refractivity contribution in [2.45, 2.75) is 36.7 Å². The second-order valence-corrected chi connectivity index (χ2v) is 11.5. The fourth-order valence-electron chi connectivity index (χ4n) is 3.21. The van der Waals surface area contributed by atoms with Gasteiger partial charge >= 0.3 is 0 Å². The van der Waals surface area contributed by atoms with E-state index in [2.05, 4.69) is 9.97 Å². The summed E-state index contributed by atoms with van der Waals surface area (Å²) >= 11 is 0. The number of nitrogens with one attached hydrogen (secondary N) is 1. The fraction of sp³-hybridized carbons (Fsp3) is 0.350. The number of alkyl halides is 3. The average Bonchev–Trinajstić information content (AvgIpc) is 2.77. The van der Waals surface area contributed by atoms with Crippen LogP contribution in [0.1, 0.15) is 19.9 Å². The SMILES string of the molecule is CC(C)n1c(=O)c(-c2ccc(NS(=O)(=O)C(F)C(F)CF)c(F)c2)cc2cnc(S(C)(=O)=O)nc21. The highest BCUT2D eigenvalue weighted by molar-refractivity contribution is 7.93. The van der Waals surface area contributed by atoms with Gasteiger partial charge < -0.3 is 0 Å². The Balaban J connectivity index is 2.12. The van der Waals surface area contributed by atoms with E-state index >= 15 is 0 Å². The second kappa shape index (κ2) is 9.53. The van der Waals surface area contributed by atoms with Crippen molar-refractivity contribution < 1.29 is 34.4 Å². The van der Waals surface area contributed by atoms with E-state index in [1.54, 1.807) is 13.8 Å². The van der Waals surface area contributed by atoms with Crippen LogP contribution in [0, 0.1) is 5.82 Å². The van der Waals surface area contributed by atoms with Crippen molar-refractivity contribution >= 4 is 36.6 Å². The van der Waals surface area contributed by atoms with E-state index in [0.29, 0.717) is 0 Å². The molecular formula is C20H20F4N4O5S2. The van der Waals surface area contributed by atoms with Crippen LogP contribution in [0.4, 0.5) is 23.2 Å². The number of anilines is 1. The summed E-state index contributed by atoms with van der Waals surface area (Å²) in [6, 6.07) is 3.67. The standard InChI is InChI=1S/C20H20F4N4O5S2/c1-10(2)28-18-12(9-25-20(26-18)34(3,30)31)6-13(19(28)29)11-4-5-16(14(22)7-11)27-35(32,33)17(24)15(23)8-21/h4-7,9-10,15,17,27H,8H2,1-3H3. The van der Waals surface area contributed by atoms with Crippen LogP contribution in [0.15, 0.2) is 40.4 Å². The summed E-state index contributed by atoms with van der Waals surface area (Å²) in [7, 11) is -8.86. The smallest absolute Gasteiger partial charge is 0.268 e. The summed E-state index contributed by atoms with van der Waals surface area (Å²) in [6.07, 6.45) is -0.846. The number of halogens is 4. The monoisotopic (exact) mass is 536 g/mol. The van der Waals surface area contributed by atoms with E-state index in [-0.39, 0.29) is 22.2 Å². The summed E-state index contributed by atoms with van der Waals surface area (Å²) in [4.78, 5) is 21.0. The number of nitrogens with zero attached hydrogens (tertiary/aromatic N) is 3. The summed E-state index contributed by atoms with van der Waals surface area (Å²) in [5, 5.41) is -0.213. The Kier molecular flexibility index (Phi) is 7.22. The molecule has 0 fully saturated rings. The number of fused-ring (bicyclic) bond motifs is 1. The van der Waals surface area contributed by atoms with E-state index in [1.165, 1.54) is 21.6 Å². The van der Waals surface area contributed by atoms with Gasteiger partial charge in [-0.1, -0.05) is 6.07 Å². The molecule has 35 heavy (non-hydrogen) atoms. The highest BCUT2D eigenvalue weighted by Gasteiger charge is 2.34. The van der Waals surface area contributed by atoms with Gasteiger partial charge in [-0.05, 0) is 37.6 Å². The van der Waals surface area contributed by atoms with Crippen LogP contribution in [-0.2, 0) is 19.9 Å². The molecule has 0 aliphatic rings. The zero-order valence-corrected chi connectivity index (χ0v) is 20.2. The lowest BCUT2D eigenvalue weighted by molar-refractivity contribution is 0.186. The first-order valence-corrected chi connectivity index (χ1v) is 13.4. The molecule has 9 nitrogen and oxygen atoms in total. The number of pyridine rings is 1. The quantitative estimate of drug-likeness (QED) is 0.346. The molecule has 2 atom stereocenters. The molecule has 0 aliphatic heterocycles. The largest absolute Gasteiger partial charge is 0.289 e. The molecule has 0 saturated heterocycles. The van der Waals surface area contributed by atoms with Gasteiger partial charge in [0.2, 0.25) is 15.0 Å². The van der Waals surface area contributed by atoms with Gasteiger partial charge in [0.15, 0.2) is 6.17 Å². The summed E-state index contributed by atoms with van der Waals surface area (Å²) in [6.45, 7) is 1.41. The maximum absolute atomic E-state index is 14.7.